The third kappa shape index (κ3) is 3.78. The summed E-state index contributed by atoms with van der Waals surface area (Å²) in [6.07, 6.45) is 1.73. The second-order valence-corrected chi connectivity index (χ2v) is 8.09. The van der Waals surface area contributed by atoms with Crippen molar-refractivity contribution in [2.75, 3.05) is 31.1 Å². The molecule has 9 heteroatoms. The van der Waals surface area contributed by atoms with Crippen LogP contribution in [0.4, 0.5) is 10.2 Å². The van der Waals surface area contributed by atoms with Crippen LogP contribution in [0.15, 0.2) is 54.7 Å². The molecule has 7 nitrogen and oxygen atoms in total. The van der Waals surface area contributed by atoms with Crippen LogP contribution in [-0.2, 0) is 0 Å². The molecule has 1 fully saturated rings. The highest BCUT2D eigenvalue weighted by Crippen LogP contribution is 2.27. The van der Waals surface area contributed by atoms with Gasteiger partial charge in [0.05, 0.1) is 17.3 Å². The van der Waals surface area contributed by atoms with Gasteiger partial charge < -0.3 is 9.80 Å². The van der Waals surface area contributed by atoms with Gasteiger partial charge in [0.2, 0.25) is 0 Å². The van der Waals surface area contributed by atoms with Crippen LogP contribution in [-0.4, -0.2) is 56.7 Å². The highest BCUT2D eigenvalue weighted by molar-refractivity contribution is 6.30. The Morgan fingerprint density at radius 1 is 0.969 bits per heavy atom. The summed E-state index contributed by atoms with van der Waals surface area (Å²) in [5.41, 5.74) is 2.02. The molecule has 3 heterocycles. The lowest BCUT2D eigenvalue weighted by Gasteiger charge is -2.35. The highest BCUT2D eigenvalue weighted by atomic mass is 35.5. The van der Waals surface area contributed by atoms with Crippen LogP contribution < -0.4 is 4.90 Å². The van der Waals surface area contributed by atoms with Crippen molar-refractivity contribution in [1.82, 2.24) is 24.6 Å². The van der Waals surface area contributed by atoms with E-state index in [-0.39, 0.29) is 11.7 Å². The predicted octanol–water partition coefficient (Wildman–Crippen LogP) is 3.88. The number of piperazine rings is 1. The van der Waals surface area contributed by atoms with Crippen LogP contribution in [0.1, 0.15) is 16.2 Å². The number of aromatic nitrogens is 4. The first-order valence-electron chi connectivity index (χ1n) is 10.3. The van der Waals surface area contributed by atoms with Crippen LogP contribution in [0.25, 0.3) is 16.7 Å². The third-order valence-electron chi connectivity index (χ3n) is 5.55. The summed E-state index contributed by atoms with van der Waals surface area (Å²) in [6.45, 7) is 4.29. The molecule has 1 aliphatic heterocycles. The molecule has 0 bridgehead atoms. The Labute approximate surface area is 189 Å². The van der Waals surface area contributed by atoms with E-state index in [9.17, 15) is 9.18 Å². The van der Waals surface area contributed by atoms with Gasteiger partial charge in [-0.25, -0.2) is 19.0 Å². The molecule has 0 atom stereocenters. The summed E-state index contributed by atoms with van der Waals surface area (Å²) in [4.78, 5) is 26.0. The Morgan fingerprint density at radius 3 is 2.34 bits per heavy atom. The van der Waals surface area contributed by atoms with E-state index in [1.165, 1.54) is 12.1 Å². The van der Waals surface area contributed by atoms with Crippen LogP contribution in [0.5, 0.6) is 0 Å². The van der Waals surface area contributed by atoms with Crippen molar-refractivity contribution in [3.63, 3.8) is 0 Å². The van der Waals surface area contributed by atoms with E-state index < -0.39 is 0 Å². The Morgan fingerprint density at radius 2 is 1.66 bits per heavy atom. The van der Waals surface area contributed by atoms with Crippen molar-refractivity contribution in [1.29, 1.82) is 0 Å². The van der Waals surface area contributed by atoms with Gasteiger partial charge in [-0.2, -0.15) is 5.10 Å². The van der Waals surface area contributed by atoms with Gasteiger partial charge in [0.1, 0.15) is 17.5 Å². The van der Waals surface area contributed by atoms with Gasteiger partial charge in [-0.05, 0) is 55.5 Å². The molecule has 1 aliphatic rings. The maximum atomic E-state index is 13.3. The normalized spacial score (nSPS) is 14.2. The summed E-state index contributed by atoms with van der Waals surface area (Å²) < 4.78 is 15.0. The Bertz CT molecular complexity index is 1280. The molecule has 1 saturated heterocycles. The Kier molecular flexibility index (Phi) is 5.22. The summed E-state index contributed by atoms with van der Waals surface area (Å²) in [5, 5.41) is 5.90. The highest BCUT2D eigenvalue weighted by Gasteiger charge is 2.25. The van der Waals surface area contributed by atoms with Crippen LogP contribution in [0.2, 0.25) is 5.02 Å². The number of hydrogen-bond donors (Lipinski definition) is 0. The summed E-state index contributed by atoms with van der Waals surface area (Å²) in [6, 6.07) is 13.1. The average molecular weight is 451 g/mol. The molecule has 32 heavy (non-hydrogen) atoms. The summed E-state index contributed by atoms with van der Waals surface area (Å²) in [5.74, 6) is 1.10. The number of benzene rings is 2. The van der Waals surface area contributed by atoms with E-state index in [4.69, 9.17) is 11.6 Å². The second kappa shape index (κ2) is 8.20. The molecule has 0 saturated carbocycles. The second-order valence-electron chi connectivity index (χ2n) is 7.65. The topological polar surface area (TPSA) is 67.2 Å². The number of carbonyl (C=O) groups is 1. The van der Waals surface area contributed by atoms with E-state index in [1.54, 1.807) is 47.3 Å². The molecular formula is C23H20ClFN6O. The Hall–Kier alpha value is -3.52. The van der Waals surface area contributed by atoms with Gasteiger partial charge in [-0.15, -0.1) is 0 Å². The molecule has 0 aliphatic carbocycles. The lowest BCUT2D eigenvalue weighted by atomic mass is 10.2. The summed E-state index contributed by atoms with van der Waals surface area (Å²) >= 11 is 5.93. The first-order valence-corrected chi connectivity index (χ1v) is 10.7. The fourth-order valence-corrected chi connectivity index (χ4v) is 4.03. The lowest BCUT2D eigenvalue weighted by Crippen LogP contribution is -2.49. The van der Waals surface area contributed by atoms with Gasteiger partial charge in [-0.1, -0.05) is 11.6 Å². The number of carbonyl (C=O) groups excluding carboxylic acids is 1. The SMILES string of the molecule is Cc1nc(N2CCN(C(=O)c3ccc(Cl)cc3)CC2)c2cnn(-c3ccc(F)cc3)c2n1. The Balaban J connectivity index is 1.39. The number of nitrogens with zero attached hydrogens (tertiary/aromatic N) is 6. The van der Waals surface area contributed by atoms with E-state index in [2.05, 4.69) is 20.0 Å². The fraction of sp³-hybridized carbons (Fsp3) is 0.217. The van der Waals surface area contributed by atoms with Crippen LogP contribution >= 0.6 is 11.6 Å². The zero-order valence-corrected chi connectivity index (χ0v) is 18.1. The van der Waals surface area contributed by atoms with Gasteiger partial charge in [-0.3, -0.25) is 4.79 Å². The molecule has 0 unspecified atom stereocenters. The van der Waals surface area contributed by atoms with E-state index in [0.29, 0.717) is 48.2 Å². The van der Waals surface area contributed by atoms with Crippen LogP contribution in [0, 0.1) is 12.7 Å². The van der Waals surface area contributed by atoms with E-state index in [1.807, 2.05) is 11.8 Å². The molecule has 0 radical (unpaired) electrons. The third-order valence-corrected chi connectivity index (χ3v) is 5.80. The average Bonchev–Trinajstić information content (AvgIpc) is 3.23. The van der Waals surface area contributed by atoms with Crippen LogP contribution in [0.3, 0.4) is 0 Å². The minimum Gasteiger partial charge on any atom is -0.352 e. The van der Waals surface area contributed by atoms with Gasteiger partial charge in [0, 0.05) is 36.8 Å². The van der Waals surface area contributed by atoms with Crippen molar-refractivity contribution in [3.05, 3.63) is 77.0 Å². The van der Waals surface area contributed by atoms with E-state index >= 15 is 0 Å². The zero-order valence-electron chi connectivity index (χ0n) is 17.4. The predicted molar refractivity (Wildman–Crippen MR) is 121 cm³/mol. The maximum Gasteiger partial charge on any atom is 0.253 e. The van der Waals surface area contributed by atoms with Crippen molar-refractivity contribution >= 4 is 34.4 Å². The molecule has 1 amide bonds. The molecule has 2 aromatic heterocycles. The maximum absolute atomic E-state index is 13.3. The fourth-order valence-electron chi connectivity index (χ4n) is 3.91. The minimum atomic E-state index is -0.303. The van der Waals surface area contributed by atoms with Crippen molar-refractivity contribution < 1.29 is 9.18 Å². The monoisotopic (exact) mass is 450 g/mol. The van der Waals surface area contributed by atoms with Crippen molar-refractivity contribution in [2.45, 2.75) is 6.92 Å². The number of anilines is 1. The van der Waals surface area contributed by atoms with E-state index in [0.717, 1.165) is 16.9 Å². The van der Waals surface area contributed by atoms with Gasteiger partial charge in [0.25, 0.3) is 5.91 Å². The minimum absolute atomic E-state index is 0.00513. The molecule has 0 N–H and O–H groups in total. The first-order chi connectivity index (χ1) is 15.5. The quantitative estimate of drug-likeness (QED) is 0.474. The molecule has 5 rings (SSSR count). The van der Waals surface area contributed by atoms with Crippen molar-refractivity contribution in [2.24, 2.45) is 0 Å². The van der Waals surface area contributed by atoms with Gasteiger partial charge >= 0.3 is 0 Å². The molecular weight excluding hydrogens is 431 g/mol. The van der Waals surface area contributed by atoms with Gasteiger partial charge in [0.15, 0.2) is 5.65 Å². The standard InChI is InChI=1S/C23H20ClFN6O/c1-15-27-21(20-14-26-31(22(20)28-15)19-8-6-18(25)7-9-19)29-10-12-30(13-11-29)23(32)16-2-4-17(24)5-3-16/h2-9,14H,10-13H2,1H3. The largest absolute Gasteiger partial charge is 0.352 e. The number of amides is 1. The zero-order chi connectivity index (χ0) is 22.2. The summed E-state index contributed by atoms with van der Waals surface area (Å²) in [7, 11) is 0. The molecule has 2 aromatic carbocycles. The number of aryl methyl sites for hydroxylation is 1. The number of hydrogen-bond acceptors (Lipinski definition) is 5. The molecule has 0 spiro atoms. The molecule has 4 aromatic rings. The number of halogens is 2. The lowest BCUT2D eigenvalue weighted by molar-refractivity contribution is 0.0746. The first kappa shape index (κ1) is 20.4. The van der Waals surface area contributed by atoms with Crippen molar-refractivity contribution in [3.8, 4) is 5.69 Å². The number of fused-ring (bicyclic) bond motifs is 1. The molecule has 162 valence electrons. The number of rotatable bonds is 3. The smallest absolute Gasteiger partial charge is 0.253 e.